The lowest BCUT2D eigenvalue weighted by Crippen LogP contribution is -2.09. The number of hydrogen-bond donors (Lipinski definition) is 0. The highest BCUT2D eigenvalue weighted by atomic mass is 15.0. The summed E-state index contributed by atoms with van der Waals surface area (Å²) in [4.78, 5) is 12.9. The number of dihydropyridines is 1. The van der Waals surface area contributed by atoms with Gasteiger partial charge in [-0.2, -0.15) is 0 Å². The molecule has 15 heavy (non-hydrogen) atoms. The standard InChI is InChI=1S/C12H13N3/c1-9-5-3-7-13-11(9)15-12-10(2)6-4-8-14-12/h3-9H,1-2H3. The van der Waals surface area contributed by atoms with Gasteiger partial charge in [-0.15, -0.1) is 0 Å². The summed E-state index contributed by atoms with van der Waals surface area (Å²) in [6, 6.07) is 3.91. The Kier molecular flexibility index (Phi) is 2.72. The summed E-state index contributed by atoms with van der Waals surface area (Å²) < 4.78 is 0. The van der Waals surface area contributed by atoms with Crippen molar-refractivity contribution in [2.45, 2.75) is 13.8 Å². The van der Waals surface area contributed by atoms with Crippen LogP contribution in [0.1, 0.15) is 12.5 Å². The molecule has 1 aromatic rings. The summed E-state index contributed by atoms with van der Waals surface area (Å²) in [6.45, 7) is 4.07. The second kappa shape index (κ2) is 4.17. The Morgan fingerprint density at radius 1 is 1.40 bits per heavy atom. The van der Waals surface area contributed by atoms with Gasteiger partial charge in [0.15, 0.2) is 5.82 Å². The number of hydrogen-bond acceptors (Lipinski definition) is 2. The predicted octanol–water partition coefficient (Wildman–Crippen LogP) is 2.70. The van der Waals surface area contributed by atoms with Crippen LogP contribution in [-0.2, 0) is 0 Å². The van der Waals surface area contributed by atoms with E-state index in [1.807, 2.05) is 25.1 Å². The molecule has 1 aromatic heterocycles. The van der Waals surface area contributed by atoms with Crippen LogP contribution in [-0.4, -0.2) is 17.0 Å². The van der Waals surface area contributed by atoms with Crippen molar-refractivity contribution in [1.29, 1.82) is 0 Å². The lowest BCUT2D eigenvalue weighted by Gasteiger charge is -2.09. The Bertz CT molecular complexity index is 444. The SMILES string of the molecule is Cc1cccnc1N=C1N=CC=CC1C. The lowest BCUT2D eigenvalue weighted by atomic mass is 10.1. The van der Waals surface area contributed by atoms with E-state index in [-0.39, 0.29) is 5.92 Å². The Labute approximate surface area is 89.3 Å². The van der Waals surface area contributed by atoms with Gasteiger partial charge in [0.05, 0.1) is 0 Å². The second-order valence-electron chi connectivity index (χ2n) is 3.57. The minimum Gasteiger partial charge on any atom is -0.241 e. The molecule has 0 saturated carbocycles. The highest BCUT2D eigenvalue weighted by molar-refractivity contribution is 5.98. The molecular formula is C12H13N3. The first-order chi connectivity index (χ1) is 7.27. The lowest BCUT2D eigenvalue weighted by molar-refractivity contribution is 0.972. The normalized spacial score (nSPS) is 22.3. The topological polar surface area (TPSA) is 37.6 Å². The van der Waals surface area contributed by atoms with E-state index < -0.39 is 0 Å². The van der Waals surface area contributed by atoms with E-state index in [0.29, 0.717) is 0 Å². The van der Waals surface area contributed by atoms with E-state index in [9.17, 15) is 0 Å². The van der Waals surface area contributed by atoms with Crippen LogP contribution >= 0.6 is 0 Å². The molecule has 0 saturated heterocycles. The molecule has 1 unspecified atom stereocenters. The fraction of sp³-hybridized carbons (Fsp3) is 0.250. The van der Waals surface area contributed by atoms with Crippen molar-refractivity contribution >= 4 is 17.9 Å². The molecule has 2 heterocycles. The van der Waals surface area contributed by atoms with E-state index in [0.717, 1.165) is 17.2 Å². The monoisotopic (exact) mass is 199 g/mol. The van der Waals surface area contributed by atoms with Crippen molar-refractivity contribution in [2.24, 2.45) is 15.9 Å². The summed E-state index contributed by atoms with van der Waals surface area (Å²) in [7, 11) is 0. The molecule has 1 aliphatic heterocycles. The number of aromatic nitrogens is 1. The van der Waals surface area contributed by atoms with Gasteiger partial charge in [-0.3, -0.25) is 0 Å². The molecule has 0 N–H and O–H groups in total. The molecule has 3 nitrogen and oxygen atoms in total. The molecule has 0 aromatic carbocycles. The van der Waals surface area contributed by atoms with Crippen LogP contribution in [0.5, 0.6) is 0 Å². The van der Waals surface area contributed by atoms with Crippen molar-refractivity contribution in [3.8, 4) is 0 Å². The largest absolute Gasteiger partial charge is 0.241 e. The molecule has 0 spiro atoms. The van der Waals surface area contributed by atoms with Crippen molar-refractivity contribution in [3.63, 3.8) is 0 Å². The quantitative estimate of drug-likeness (QED) is 0.685. The van der Waals surface area contributed by atoms with Crippen LogP contribution in [0.4, 0.5) is 5.82 Å². The summed E-state index contributed by atoms with van der Waals surface area (Å²) in [6.07, 6.45) is 7.52. The first kappa shape index (κ1) is 9.77. The number of aryl methyl sites for hydroxylation is 1. The van der Waals surface area contributed by atoms with Crippen LogP contribution in [0.25, 0.3) is 0 Å². The third kappa shape index (κ3) is 2.18. The Morgan fingerprint density at radius 3 is 3.00 bits per heavy atom. The van der Waals surface area contributed by atoms with Gasteiger partial charge < -0.3 is 0 Å². The Hall–Kier alpha value is -1.77. The zero-order valence-corrected chi connectivity index (χ0v) is 8.88. The molecular weight excluding hydrogens is 186 g/mol. The van der Waals surface area contributed by atoms with Crippen LogP contribution in [0, 0.1) is 12.8 Å². The van der Waals surface area contributed by atoms with Crippen LogP contribution in [0.2, 0.25) is 0 Å². The molecule has 0 amide bonds. The average Bonchev–Trinajstić information content (AvgIpc) is 2.24. The highest BCUT2D eigenvalue weighted by Gasteiger charge is 2.09. The first-order valence-corrected chi connectivity index (χ1v) is 4.98. The molecule has 0 aliphatic carbocycles. The second-order valence-corrected chi connectivity index (χ2v) is 3.57. The smallest absolute Gasteiger partial charge is 0.156 e. The molecule has 1 atom stereocenters. The summed E-state index contributed by atoms with van der Waals surface area (Å²) in [5.74, 6) is 1.84. The van der Waals surface area contributed by atoms with Crippen molar-refractivity contribution in [3.05, 3.63) is 36.0 Å². The first-order valence-electron chi connectivity index (χ1n) is 4.98. The van der Waals surface area contributed by atoms with E-state index in [1.165, 1.54) is 0 Å². The highest BCUT2D eigenvalue weighted by Crippen LogP contribution is 2.17. The van der Waals surface area contributed by atoms with Crippen molar-refractivity contribution < 1.29 is 0 Å². The molecule has 0 radical (unpaired) electrons. The number of aliphatic imine (C=N–C) groups is 2. The maximum absolute atomic E-state index is 4.46. The summed E-state index contributed by atoms with van der Waals surface area (Å²) in [5, 5.41) is 0. The minimum absolute atomic E-state index is 0.261. The minimum atomic E-state index is 0.261. The number of amidine groups is 1. The molecule has 0 fully saturated rings. The number of allylic oxidation sites excluding steroid dienone is 1. The third-order valence-corrected chi connectivity index (χ3v) is 2.30. The van der Waals surface area contributed by atoms with Gasteiger partial charge in [-0.1, -0.05) is 19.1 Å². The van der Waals surface area contributed by atoms with E-state index in [4.69, 9.17) is 0 Å². The summed E-state index contributed by atoms with van der Waals surface area (Å²) in [5.41, 5.74) is 1.07. The van der Waals surface area contributed by atoms with Crippen LogP contribution in [0.3, 0.4) is 0 Å². The van der Waals surface area contributed by atoms with E-state index in [1.54, 1.807) is 12.4 Å². The van der Waals surface area contributed by atoms with Gasteiger partial charge in [0.2, 0.25) is 0 Å². The number of pyridine rings is 1. The van der Waals surface area contributed by atoms with Gasteiger partial charge in [-0.05, 0) is 24.6 Å². The molecule has 3 heteroatoms. The molecule has 2 rings (SSSR count). The fourth-order valence-corrected chi connectivity index (χ4v) is 1.37. The van der Waals surface area contributed by atoms with Crippen LogP contribution < -0.4 is 0 Å². The predicted molar refractivity (Wildman–Crippen MR) is 62.9 cm³/mol. The molecule has 1 aliphatic rings. The maximum Gasteiger partial charge on any atom is 0.156 e. The van der Waals surface area contributed by atoms with Gasteiger partial charge in [0.25, 0.3) is 0 Å². The Balaban J connectivity index is 2.34. The number of nitrogens with zero attached hydrogens (tertiary/aromatic N) is 3. The maximum atomic E-state index is 4.46. The van der Waals surface area contributed by atoms with Gasteiger partial charge >= 0.3 is 0 Å². The van der Waals surface area contributed by atoms with E-state index in [2.05, 4.69) is 28.0 Å². The van der Waals surface area contributed by atoms with Gasteiger partial charge in [-0.25, -0.2) is 15.0 Å². The van der Waals surface area contributed by atoms with Crippen molar-refractivity contribution in [2.75, 3.05) is 0 Å². The Morgan fingerprint density at radius 2 is 2.27 bits per heavy atom. The number of rotatable bonds is 1. The van der Waals surface area contributed by atoms with Crippen LogP contribution in [0.15, 0.2) is 40.5 Å². The summed E-state index contributed by atoms with van der Waals surface area (Å²) >= 11 is 0. The molecule has 0 bridgehead atoms. The molecule has 76 valence electrons. The van der Waals surface area contributed by atoms with E-state index >= 15 is 0 Å². The van der Waals surface area contributed by atoms with Gasteiger partial charge in [0.1, 0.15) is 5.84 Å². The van der Waals surface area contributed by atoms with Crippen molar-refractivity contribution in [1.82, 2.24) is 4.98 Å². The third-order valence-electron chi connectivity index (χ3n) is 2.30. The zero-order chi connectivity index (χ0) is 10.7. The average molecular weight is 199 g/mol. The fourth-order valence-electron chi connectivity index (χ4n) is 1.37. The van der Waals surface area contributed by atoms with Gasteiger partial charge in [0, 0.05) is 18.3 Å². The zero-order valence-electron chi connectivity index (χ0n) is 8.88.